The van der Waals surface area contributed by atoms with Crippen LogP contribution in [-0.4, -0.2) is 43.7 Å². The molecule has 0 spiro atoms. The van der Waals surface area contributed by atoms with Gasteiger partial charge in [0.15, 0.2) is 11.5 Å². The topological polar surface area (TPSA) is 162 Å². The lowest BCUT2D eigenvalue weighted by Crippen LogP contribution is -2.23. The summed E-state index contributed by atoms with van der Waals surface area (Å²) in [5.41, 5.74) is -0.0739. The molecule has 0 radical (unpaired) electrons. The van der Waals surface area contributed by atoms with Crippen LogP contribution in [0, 0.1) is 0 Å². The molecular weight excluding hydrogens is 248 g/mol. The Kier molecular flexibility index (Phi) is 10.7. The Morgan fingerprint density at radius 3 is 1.78 bits per heavy atom. The SMILES string of the molecule is COc1ccc(C(=O)[O-])c(OC)c1OC.O.O.O. The molecule has 1 aromatic rings. The van der Waals surface area contributed by atoms with Crippen LogP contribution in [0.5, 0.6) is 17.2 Å². The summed E-state index contributed by atoms with van der Waals surface area (Å²) < 4.78 is 14.9. The first kappa shape index (κ1) is 21.3. The summed E-state index contributed by atoms with van der Waals surface area (Å²) in [5, 5.41) is 10.8. The number of benzene rings is 1. The van der Waals surface area contributed by atoms with Crippen LogP contribution < -0.4 is 19.3 Å². The van der Waals surface area contributed by atoms with Crippen LogP contribution in [-0.2, 0) is 0 Å². The standard InChI is InChI=1S/C10H12O5.3H2O/c1-13-7-5-4-6(10(11)12)8(14-2)9(7)15-3;;;/h4-5H,1-3H3,(H,11,12);3*1H2/p-1. The minimum atomic E-state index is -1.33. The Labute approximate surface area is 104 Å². The van der Waals surface area contributed by atoms with E-state index >= 15 is 0 Å². The van der Waals surface area contributed by atoms with E-state index in [1.165, 1.54) is 33.5 Å². The number of carbonyl (C=O) groups excluding carboxylic acids is 1. The Balaban J connectivity index is -0.000000750. The maximum absolute atomic E-state index is 10.8. The summed E-state index contributed by atoms with van der Waals surface area (Å²) in [7, 11) is 4.21. The van der Waals surface area contributed by atoms with E-state index in [9.17, 15) is 9.90 Å². The predicted molar refractivity (Wildman–Crippen MR) is 61.3 cm³/mol. The normalized spacial score (nSPS) is 7.94. The minimum absolute atomic E-state index is 0. The van der Waals surface area contributed by atoms with Gasteiger partial charge in [-0.15, -0.1) is 0 Å². The molecule has 0 saturated heterocycles. The van der Waals surface area contributed by atoms with Crippen LogP contribution in [0.3, 0.4) is 0 Å². The van der Waals surface area contributed by atoms with Crippen LogP contribution in [0.15, 0.2) is 12.1 Å². The molecule has 8 heteroatoms. The predicted octanol–water partition coefficient (Wildman–Crippen LogP) is -2.40. The monoisotopic (exact) mass is 265 g/mol. The molecule has 0 atom stereocenters. The summed E-state index contributed by atoms with van der Waals surface area (Å²) in [6, 6.07) is 2.82. The molecule has 106 valence electrons. The molecule has 1 aromatic carbocycles. The van der Waals surface area contributed by atoms with Gasteiger partial charge in [0.25, 0.3) is 0 Å². The molecule has 0 saturated carbocycles. The van der Waals surface area contributed by atoms with Crippen molar-refractivity contribution in [1.29, 1.82) is 0 Å². The number of hydrogen-bond donors (Lipinski definition) is 0. The summed E-state index contributed by atoms with van der Waals surface area (Å²) in [4.78, 5) is 10.8. The highest BCUT2D eigenvalue weighted by molar-refractivity contribution is 5.91. The van der Waals surface area contributed by atoms with Crippen molar-refractivity contribution >= 4 is 5.97 Å². The van der Waals surface area contributed by atoms with Crippen LogP contribution in [0.25, 0.3) is 0 Å². The smallest absolute Gasteiger partial charge is 0.203 e. The molecule has 18 heavy (non-hydrogen) atoms. The molecule has 0 aromatic heterocycles. The first-order valence-corrected chi connectivity index (χ1v) is 4.16. The molecule has 0 aliphatic rings. The van der Waals surface area contributed by atoms with Crippen molar-refractivity contribution in [2.45, 2.75) is 0 Å². The number of ether oxygens (including phenoxy) is 3. The average Bonchev–Trinajstić information content (AvgIpc) is 2.26. The Morgan fingerprint density at radius 2 is 1.44 bits per heavy atom. The number of methoxy groups -OCH3 is 3. The molecule has 0 aliphatic heterocycles. The number of carbonyl (C=O) groups is 1. The van der Waals surface area contributed by atoms with E-state index in [2.05, 4.69) is 0 Å². The molecule has 0 heterocycles. The quantitative estimate of drug-likeness (QED) is 0.591. The van der Waals surface area contributed by atoms with E-state index in [-0.39, 0.29) is 33.5 Å². The van der Waals surface area contributed by atoms with E-state index in [0.717, 1.165) is 0 Å². The van der Waals surface area contributed by atoms with Gasteiger partial charge in [0.1, 0.15) is 0 Å². The van der Waals surface area contributed by atoms with E-state index in [4.69, 9.17) is 14.2 Å². The number of carboxylic acids is 1. The second-order valence-corrected chi connectivity index (χ2v) is 2.67. The van der Waals surface area contributed by atoms with Gasteiger partial charge < -0.3 is 40.5 Å². The van der Waals surface area contributed by atoms with Crippen LogP contribution in [0.1, 0.15) is 10.4 Å². The van der Waals surface area contributed by atoms with Gasteiger partial charge in [0.2, 0.25) is 5.75 Å². The molecule has 1 rings (SSSR count). The lowest BCUT2D eigenvalue weighted by molar-refractivity contribution is -0.255. The maximum atomic E-state index is 10.8. The van der Waals surface area contributed by atoms with Gasteiger partial charge in [-0.3, -0.25) is 0 Å². The first-order chi connectivity index (χ1) is 7.15. The maximum Gasteiger partial charge on any atom is 0.203 e. The van der Waals surface area contributed by atoms with Gasteiger partial charge in [0, 0.05) is 5.56 Å². The van der Waals surface area contributed by atoms with Crippen molar-refractivity contribution in [2.75, 3.05) is 21.3 Å². The van der Waals surface area contributed by atoms with Crippen LogP contribution >= 0.6 is 0 Å². The van der Waals surface area contributed by atoms with E-state index in [1.807, 2.05) is 0 Å². The molecular formula is C10H17O8-. The van der Waals surface area contributed by atoms with Crippen molar-refractivity contribution in [3.05, 3.63) is 17.7 Å². The second-order valence-electron chi connectivity index (χ2n) is 2.67. The highest BCUT2D eigenvalue weighted by Crippen LogP contribution is 2.39. The van der Waals surface area contributed by atoms with E-state index < -0.39 is 5.97 Å². The first-order valence-electron chi connectivity index (χ1n) is 4.16. The Hall–Kier alpha value is -2.03. The minimum Gasteiger partial charge on any atom is -0.545 e. The molecule has 8 nitrogen and oxygen atoms in total. The van der Waals surface area contributed by atoms with Crippen molar-refractivity contribution in [3.63, 3.8) is 0 Å². The van der Waals surface area contributed by atoms with Gasteiger partial charge in [-0.05, 0) is 12.1 Å². The number of aromatic carboxylic acids is 1. The van der Waals surface area contributed by atoms with Gasteiger partial charge in [-0.25, -0.2) is 0 Å². The number of carboxylic acid groups (broad SMARTS) is 1. The summed E-state index contributed by atoms with van der Waals surface area (Å²) in [5.74, 6) is -0.592. The zero-order valence-corrected chi connectivity index (χ0v) is 10.2. The van der Waals surface area contributed by atoms with Crippen molar-refractivity contribution in [1.82, 2.24) is 0 Å². The summed E-state index contributed by atoms with van der Waals surface area (Å²) >= 11 is 0. The van der Waals surface area contributed by atoms with Gasteiger partial charge in [-0.1, -0.05) is 0 Å². The molecule has 0 bridgehead atoms. The van der Waals surface area contributed by atoms with Crippen molar-refractivity contribution in [2.24, 2.45) is 0 Å². The molecule has 6 N–H and O–H groups in total. The van der Waals surface area contributed by atoms with Crippen LogP contribution in [0.4, 0.5) is 0 Å². The van der Waals surface area contributed by atoms with Gasteiger partial charge in [0.05, 0.1) is 27.3 Å². The highest BCUT2D eigenvalue weighted by atomic mass is 16.5. The van der Waals surface area contributed by atoms with Gasteiger partial charge in [-0.2, -0.15) is 0 Å². The molecule has 0 unspecified atom stereocenters. The summed E-state index contributed by atoms with van der Waals surface area (Å²) in [6.07, 6.45) is 0. The third kappa shape index (κ3) is 3.77. The van der Waals surface area contributed by atoms with E-state index in [0.29, 0.717) is 5.75 Å². The zero-order chi connectivity index (χ0) is 11.4. The fourth-order valence-electron chi connectivity index (χ4n) is 1.26. The summed E-state index contributed by atoms with van der Waals surface area (Å²) in [6.45, 7) is 0. The van der Waals surface area contributed by atoms with E-state index in [1.54, 1.807) is 0 Å². The lowest BCUT2D eigenvalue weighted by Gasteiger charge is -2.15. The fraction of sp³-hybridized carbons (Fsp3) is 0.300. The number of rotatable bonds is 4. The largest absolute Gasteiger partial charge is 0.545 e. The molecule has 0 fully saturated rings. The van der Waals surface area contributed by atoms with Crippen LogP contribution in [0.2, 0.25) is 0 Å². The Morgan fingerprint density at radius 1 is 0.944 bits per heavy atom. The highest BCUT2D eigenvalue weighted by Gasteiger charge is 2.15. The van der Waals surface area contributed by atoms with Gasteiger partial charge >= 0.3 is 0 Å². The van der Waals surface area contributed by atoms with Crippen molar-refractivity contribution < 1.29 is 40.5 Å². The Bertz CT molecular complexity index is 376. The third-order valence-electron chi connectivity index (χ3n) is 1.92. The lowest BCUT2D eigenvalue weighted by atomic mass is 10.1. The molecule has 0 aliphatic carbocycles. The molecule has 0 amide bonds. The fourth-order valence-corrected chi connectivity index (χ4v) is 1.26. The average molecular weight is 265 g/mol. The second kappa shape index (κ2) is 9.05. The number of hydrogen-bond acceptors (Lipinski definition) is 5. The van der Waals surface area contributed by atoms with Crippen molar-refractivity contribution in [3.8, 4) is 17.2 Å². The third-order valence-corrected chi connectivity index (χ3v) is 1.92. The zero-order valence-electron chi connectivity index (χ0n) is 10.2.